The molecular weight excluding hydrogens is 396 g/mol. The first kappa shape index (κ1) is 20.5. The van der Waals surface area contributed by atoms with Crippen molar-refractivity contribution < 1.29 is 32.8 Å². The number of carboxylic acids is 1. The normalized spacial score (nSPS) is 10.7. The number of non-ortho nitro benzene ring substituents is 1. The number of nitrogens with one attached hydrogen (secondary N) is 3. The standard InChI is InChI=1S/C15H12N4O8S/c20-13(16-12-4-2-1-3-11(12)15(22)23)14(21)17-18-28(26,27)10-7-5-9(6-8-10)19(24)25/h1-8,18H,(H,16,20)(H,17,21)(H,22,23). The minimum absolute atomic E-state index is 0.159. The molecular formula is C15H12N4O8S. The molecule has 0 spiro atoms. The number of carbonyl (C=O) groups excluding carboxylic acids is 2. The lowest BCUT2D eigenvalue weighted by Gasteiger charge is -2.10. The monoisotopic (exact) mass is 408 g/mol. The number of nitro groups is 1. The van der Waals surface area contributed by atoms with E-state index in [1.807, 2.05) is 5.32 Å². The van der Waals surface area contributed by atoms with Crippen LogP contribution in [0, 0.1) is 10.1 Å². The van der Waals surface area contributed by atoms with Crippen LogP contribution < -0.4 is 15.6 Å². The highest BCUT2D eigenvalue weighted by Gasteiger charge is 2.21. The van der Waals surface area contributed by atoms with Gasteiger partial charge in [-0.2, -0.15) is 0 Å². The van der Waals surface area contributed by atoms with Crippen molar-refractivity contribution in [3.8, 4) is 0 Å². The van der Waals surface area contributed by atoms with E-state index in [-0.39, 0.29) is 16.9 Å². The van der Waals surface area contributed by atoms with E-state index < -0.39 is 37.6 Å². The van der Waals surface area contributed by atoms with Gasteiger partial charge in [0.1, 0.15) is 0 Å². The van der Waals surface area contributed by atoms with Crippen molar-refractivity contribution in [2.45, 2.75) is 4.90 Å². The number of hydrazine groups is 1. The first-order valence-corrected chi connectivity index (χ1v) is 8.80. The van der Waals surface area contributed by atoms with Crippen LogP contribution in [0.15, 0.2) is 53.4 Å². The molecule has 0 saturated carbocycles. The molecule has 0 aliphatic heterocycles. The van der Waals surface area contributed by atoms with Gasteiger partial charge in [-0.25, -0.2) is 13.2 Å². The third-order valence-electron chi connectivity index (χ3n) is 3.27. The molecule has 0 aliphatic carbocycles. The molecule has 0 fully saturated rings. The molecule has 0 aromatic heterocycles. The van der Waals surface area contributed by atoms with Crippen LogP contribution in [0.25, 0.3) is 0 Å². The van der Waals surface area contributed by atoms with Crippen molar-refractivity contribution in [1.82, 2.24) is 10.3 Å². The Morgan fingerprint density at radius 3 is 2.14 bits per heavy atom. The molecule has 2 aromatic carbocycles. The summed E-state index contributed by atoms with van der Waals surface area (Å²) in [7, 11) is -4.30. The molecule has 2 amide bonds. The number of nitro benzene ring substituents is 1. The largest absolute Gasteiger partial charge is 0.478 e. The first-order valence-electron chi connectivity index (χ1n) is 7.32. The number of benzene rings is 2. The molecule has 2 rings (SSSR count). The molecule has 0 radical (unpaired) electrons. The zero-order valence-electron chi connectivity index (χ0n) is 13.8. The number of nitrogens with zero attached hydrogens (tertiary/aromatic N) is 1. The predicted molar refractivity (Wildman–Crippen MR) is 93.6 cm³/mol. The summed E-state index contributed by atoms with van der Waals surface area (Å²) in [5.41, 5.74) is 0.896. The fourth-order valence-corrected chi connectivity index (χ4v) is 2.77. The van der Waals surface area contributed by atoms with Gasteiger partial charge in [0.05, 0.1) is 21.1 Å². The second-order valence-electron chi connectivity index (χ2n) is 5.12. The van der Waals surface area contributed by atoms with Gasteiger partial charge in [0, 0.05) is 12.1 Å². The number of sulfonamides is 1. The first-order chi connectivity index (χ1) is 13.1. The Labute approximate surface area is 157 Å². The van der Waals surface area contributed by atoms with Crippen LogP contribution in [0.2, 0.25) is 0 Å². The van der Waals surface area contributed by atoms with Gasteiger partial charge in [-0.3, -0.25) is 25.1 Å². The number of hydrogen-bond donors (Lipinski definition) is 4. The zero-order valence-corrected chi connectivity index (χ0v) is 14.6. The molecule has 0 aliphatic rings. The average molecular weight is 408 g/mol. The Morgan fingerprint density at radius 2 is 1.57 bits per heavy atom. The Balaban J connectivity index is 2.03. The molecule has 13 heteroatoms. The highest BCUT2D eigenvalue weighted by molar-refractivity contribution is 7.89. The van der Waals surface area contributed by atoms with Crippen LogP contribution in [0.5, 0.6) is 0 Å². The van der Waals surface area contributed by atoms with Gasteiger partial charge in [-0.15, -0.1) is 4.83 Å². The molecule has 0 heterocycles. The van der Waals surface area contributed by atoms with Crippen LogP contribution in [-0.4, -0.2) is 36.2 Å². The number of carbonyl (C=O) groups is 3. The number of aromatic carboxylic acids is 1. The summed E-state index contributed by atoms with van der Waals surface area (Å²) >= 11 is 0. The highest BCUT2D eigenvalue weighted by Crippen LogP contribution is 2.16. The van der Waals surface area contributed by atoms with Crippen molar-refractivity contribution in [2.24, 2.45) is 0 Å². The highest BCUT2D eigenvalue weighted by atomic mass is 32.2. The van der Waals surface area contributed by atoms with E-state index in [1.54, 1.807) is 10.3 Å². The van der Waals surface area contributed by atoms with Crippen molar-refractivity contribution in [2.75, 3.05) is 5.32 Å². The van der Waals surface area contributed by atoms with Crippen molar-refractivity contribution in [3.63, 3.8) is 0 Å². The summed E-state index contributed by atoms with van der Waals surface area (Å²) in [5.74, 6) is -4.07. The van der Waals surface area contributed by atoms with E-state index in [2.05, 4.69) is 0 Å². The SMILES string of the molecule is O=C(NNS(=O)(=O)c1ccc([N+](=O)[O-])cc1)C(=O)Nc1ccccc1C(=O)O. The maximum atomic E-state index is 12.0. The zero-order chi connectivity index (χ0) is 20.9. The fourth-order valence-electron chi connectivity index (χ4n) is 1.93. The van der Waals surface area contributed by atoms with E-state index in [4.69, 9.17) is 5.11 Å². The van der Waals surface area contributed by atoms with Crippen LogP contribution in [0.4, 0.5) is 11.4 Å². The van der Waals surface area contributed by atoms with Crippen molar-refractivity contribution >= 4 is 39.2 Å². The van der Waals surface area contributed by atoms with E-state index in [9.17, 15) is 32.9 Å². The fraction of sp³-hybridized carbons (Fsp3) is 0. The van der Waals surface area contributed by atoms with E-state index in [0.29, 0.717) is 0 Å². The Bertz CT molecular complexity index is 1050. The van der Waals surface area contributed by atoms with Crippen LogP contribution in [0.3, 0.4) is 0 Å². The molecule has 0 saturated heterocycles. The second-order valence-corrected chi connectivity index (χ2v) is 6.80. The third kappa shape index (κ3) is 4.87. The number of amides is 2. The molecule has 0 atom stereocenters. The van der Waals surface area contributed by atoms with Crippen LogP contribution in [0.1, 0.15) is 10.4 Å². The van der Waals surface area contributed by atoms with E-state index >= 15 is 0 Å². The third-order valence-corrected chi connectivity index (χ3v) is 4.53. The van der Waals surface area contributed by atoms with Gasteiger partial charge in [0.15, 0.2) is 0 Å². The summed E-state index contributed by atoms with van der Waals surface area (Å²) in [6.07, 6.45) is 0. The van der Waals surface area contributed by atoms with Gasteiger partial charge < -0.3 is 10.4 Å². The molecule has 12 nitrogen and oxygen atoms in total. The summed E-state index contributed by atoms with van der Waals surface area (Å²) in [6, 6.07) is 9.07. The Morgan fingerprint density at radius 1 is 0.964 bits per heavy atom. The quantitative estimate of drug-likeness (QED) is 0.297. The smallest absolute Gasteiger partial charge is 0.337 e. The Kier molecular flexibility index (Phi) is 6.02. The molecule has 146 valence electrons. The van der Waals surface area contributed by atoms with E-state index in [1.165, 1.54) is 24.3 Å². The second kappa shape index (κ2) is 8.24. The molecule has 0 unspecified atom stereocenters. The molecule has 4 N–H and O–H groups in total. The maximum Gasteiger partial charge on any atom is 0.337 e. The van der Waals surface area contributed by atoms with Crippen LogP contribution in [-0.2, 0) is 19.6 Å². The number of anilines is 1. The molecule has 0 bridgehead atoms. The summed E-state index contributed by atoms with van der Waals surface area (Å²) < 4.78 is 24.1. The number of para-hydroxylation sites is 1. The van der Waals surface area contributed by atoms with Crippen LogP contribution >= 0.6 is 0 Å². The van der Waals surface area contributed by atoms with Crippen molar-refractivity contribution in [3.05, 3.63) is 64.2 Å². The van der Waals surface area contributed by atoms with Gasteiger partial charge in [0.25, 0.3) is 15.7 Å². The summed E-state index contributed by atoms with van der Waals surface area (Å²) in [5, 5.41) is 21.6. The lowest BCUT2D eigenvalue weighted by Crippen LogP contribution is -2.46. The lowest BCUT2D eigenvalue weighted by molar-refractivity contribution is -0.384. The maximum absolute atomic E-state index is 12.0. The lowest BCUT2D eigenvalue weighted by atomic mass is 10.2. The summed E-state index contributed by atoms with van der Waals surface area (Å²) in [6.45, 7) is 0. The average Bonchev–Trinajstić information content (AvgIpc) is 2.66. The van der Waals surface area contributed by atoms with Gasteiger partial charge in [-0.05, 0) is 24.3 Å². The van der Waals surface area contributed by atoms with Crippen molar-refractivity contribution in [1.29, 1.82) is 0 Å². The minimum Gasteiger partial charge on any atom is -0.478 e. The number of rotatable bonds is 6. The topological polar surface area (TPSA) is 185 Å². The van der Waals surface area contributed by atoms with Gasteiger partial charge in [0.2, 0.25) is 0 Å². The van der Waals surface area contributed by atoms with E-state index in [0.717, 1.165) is 24.3 Å². The minimum atomic E-state index is -4.30. The van der Waals surface area contributed by atoms with Gasteiger partial charge >= 0.3 is 17.8 Å². The Hall–Kier alpha value is -3.84. The number of hydrogen-bond acceptors (Lipinski definition) is 7. The molecule has 2 aromatic rings. The summed E-state index contributed by atoms with van der Waals surface area (Å²) in [4.78, 5) is 45.8. The number of carboxylic acid groups (broad SMARTS) is 1. The van der Waals surface area contributed by atoms with Gasteiger partial charge in [-0.1, -0.05) is 12.1 Å². The predicted octanol–water partition coefficient (Wildman–Crippen LogP) is 0.241. The molecule has 28 heavy (non-hydrogen) atoms.